The van der Waals surface area contributed by atoms with E-state index >= 15 is 0 Å². The Kier molecular flexibility index (Phi) is 9.34. The summed E-state index contributed by atoms with van der Waals surface area (Å²) < 4.78 is 73.0. The van der Waals surface area contributed by atoms with Gasteiger partial charge in [0.15, 0.2) is 17.2 Å². The quantitative estimate of drug-likeness (QED) is 0.233. The molecule has 170 valence electrons. The summed E-state index contributed by atoms with van der Waals surface area (Å²) in [5.41, 5.74) is -0.492. The zero-order chi connectivity index (χ0) is 23.7. The second kappa shape index (κ2) is 11.2. The van der Waals surface area contributed by atoms with Crippen molar-refractivity contribution >= 4 is 26.7 Å². The highest BCUT2D eigenvalue weighted by Crippen LogP contribution is 2.31. The molecular formula is C19H21F3N2O6S. The molecule has 12 heteroatoms. The molecule has 31 heavy (non-hydrogen) atoms. The number of ether oxygens (including phenoxy) is 2. The normalized spacial score (nSPS) is 11.6. The van der Waals surface area contributed by atoms with E-state index in [2.05, 4.69) is 28.3 Å². The van der Waals surface area contributed by atoms with E-state index in [0.717, 1.165) is 12.1 Å². The van der Waals surface area contributed by atoms with E-state index in [1.807, 2.05) is 18.3 Å². The molecule has 1 heterocycles. The number of aromatic nitrogens is 1. The number of nitrogens with zero attached hydrogens (tertiary/aromatic N) is 1. The van der Waals surface area contributed by atoms with Crippen LogP contribution in [-0.4, -0.2) is 55.5 Å². The number of para-hydroxylation sites is 1. The maximum absolute atomic E-state index is 12.5. The van der Waals surface area contributed by atoms with Gasteiger partial charge in [0.05, 0.1) is 20.5 Å². The van der Waals surface area contributed by atoms with Crippen LogP contribution in [0, 0.1) is 0 Å². The lowest BCUT2D eigenvalue weighted by Gasteiger charge is -2.12. The van der Waals surface area contributed by atoms with E-state index in [1.54, 1.807) is 0 Å². The van der Waals surface area contributed by atoms with E-state index < -0.39 is 22.0 Å². The van der Waals surface area contributed by atoms with Crippen LogP contribution in [-0.2, 0) is 10.1 Å². The van der Waals surface area contributed by atoms with E-state index in [9.17, 15) is 21.6 Å². The Hall–Kier alpha value is -3.25. The highest BCUT2D eigenvalue weighted by molar-refractivity contribution is 7.85. The van der Waals surface area contributed by atoms with Crippen LogP contribution in [0.15, 0.2) is 59.9 Å². The molecule has 3 N–H and O–H groups in total. The highest BCUT2D eigenvalue weighted by Gasteiger charge is 2.38. The van der Waals surface area contributed by atoms with Crippen LogP contribution in [0.25, 0.3) is 10.9 Å². The van der Waals surface area contributed by atoms with Crippen LogP contribution in [0.1, 0.15) is 5.56 Å². The smallest absolute Gasteiger partial charge is 0.437 e. The van der Waals surface area contributed by atoms with Gasteiger partial charge in [-0.15, -0.1) is 0 Å². The number of oxime groups is 1. The lowest BCUT2D eigenvalue weighted by Crippen LogP contribution is -2.24. The molecule has 0 unspecified atom stereocenters. The summed E-state index contributed by atoms with van der Waals surface area (Å²) in [6.07, 6.45) is -2.08. The second-order valence-corrected chi connectivity index (χ2v) is 7.28. The predicted molar refractivity (Wildman–Crippen MR) is 110 cm³/mol. The number of halogens is 3. The first kappa shape index (κ1) is 25.8. The Morgan fingerprint density at radius 3 is 2.10 bits per heavy atom. The van der Waals surface area contributed by atoms with Gasteiger partial charge >= 0.3 is 6.18 Å². The van der Waals surface area contributed by atoms with Crippen LogP contribution in [0.2, 0.25) is 0 Å². The molecule has 0 radical (unpaired) electrons. The van der Waals surface area contributed by atoms with Gasteiger partial charge in [0, 0.05) is 17.3 Å². The lowest BCUT2D eigenvalue weighted by atomic mass is 10.1. The first-order valence-corrected chi connectivity index (χ1v) is 10.2. The molecule has 2 aromatic carbocycles. The molecule has 0 atom stereocenters. The molecule has 0 bridgehead atoms. The maximum atomic E-state index is 12.5. The fourth-order valence-corrected chi connectivity index (χ4v) is 2.26. The molecule has 0 aliphatic heterocycles. The Morgan fingerprint density at radius 2 is 1.61 bits per heavy atom. The molecule has 3 aromatic rings. The summed E-state index contributed by atoms with van der Waals surface area (Å²) in [6, 6.07) is 13.8. The van der Waals surface area contributed by atoms with E-state index in [1.165, 1.54) is 31.2 Å². The van der Waals surface area contributed by atoms with Crippen molar-refractivity contribution in [2.45, 2.75) is 6.18 Å². The van der Waals surface area contributed by atoms with Crippen molar-refractivity contribution in [2.75, 3.05) is 20.5 Å². The highest BCUT2D eigenvalue weighted by atomic mass is 32.2. The minimum atomic E-state index is -4.74. The summed E-state index contributed by atoms with van der Waals surface area (Å²) >= 11 is 0. The fourth-order valence-electron chi connectivity index (χ4n) is 2.26. The summed E-state index contributed by atoms with van der Waals surface area (Å²) in [6.45, 7) is 0. The molecule has 8 nitrogen and oxygen atoms in total. The van der Waals surface area contributed by atoms with Crippen LogP contribution in [0.5, 0.6) is 11.5 Å². The number of aromatic amines is 1. The molecule has 3 rings (SSSR count). The van der Waals surface area contributed by atoms with Crippen molar-refractivity contribution in [2.24, 2.45) is 5.16 Å². The number of H-pyrrole nitrogens is 1. The van der Waals surface area contributed by atoms with Gasteiger partial charge in [-0.05, 0) is 35.7 Å². The lowest BCUT2D eigenvalue weighted by molar-refractivity contribution is -0.0601. The van der Waals surface area contributed by atoms with E-state index in [4.69, 9.17) is 19.2 Å². The molecule has 0 saturated carbocycles. The van der Waals surface area contributed by atoms with Crippen molar-refractivity contribution in [1.29, 1.82) is 0 Å². The summed E-state index contributed by atoms with van der Waals surface area (Å²) in [7, 11) is -1.01. The topological polar surface area (TPSA) is 121 Å². The van der Waals surface area contributed by atoms with Crippen LogP contribution in [0.3, 0.4) is 0 Å². The van der Waals surface area contributed by atoms with Crippen LogP contribution < -0.4 is 9.47 Å². The number of methoxy groups -OCH3 is 2. The number of alkyl halides is 3. The van der Waals surface area contributed by atoms with Crippen molar-refractivity contribution in [3.05, 3.63) is 60.3 Å². The van der Waals surface area contributed by atoms with Crippen molar-refractivity contribution < 1.29 is 40.8 Å². The van der Waals surface area contributed by atoms with Gasteiger partial charge in [0.25, 0.3) is 10.1 Å². The number of rotatable bonds is 3. The summed E-state index contributed by atoms with van der Waals surface area (Å²) in [4.78, 5) is 3.12. The van der Waals surface area contributed by atoms with Crippen LogP contribution in [0.4, 0.5) is 13.2 Å². The third-order valence-corrected chi connectivity index (χ3v) is 3.49. The minimum Gasteiger partial charge on any atom is -0.493 e. The average molecular weight is 462 g/mol. The minimum absolute atomic E-state index is 0.121. The Labute approximate surface area is 176 Å². The first-order valence-electron chi connectivity index (χ1n) is 8.37. The largest absolute Gasteiger partial charge is 0.493 e. The molecule has 0 fully saturated rings. The van der Waals surface area contributed by atoms with Crippen LogP contribution >= 0.6 is 0 Å². The van der Waals surface area contributed by atoms with Gasteiger partial charge in [-0.3, -0.25) is 4.55 Å². The van der Waals surface area contributed by atoms with Crippen molar-refractivity contribution in [3.8, 4) is 11.5 Å². The zero-order valence-electron chi connectivity index (χ0n) is 16.7. The molecule has 0 aliphatic rings. The van der Waals surface area contributed by atoms with Crippen molar-refractivity contribution in [1.82, 2.24) is 4.98 Å². The standard InChI is InChI=1S/C10H10F3NO3.C8H7N.CH4O3S/c1-16-7-4-3-6(5-8(7)17-2)9(14-15)10(11,12)13;1-2-4-8-7(3-1)5-6-9-8;1-5(2,3)4/h3-5,15H,1-2H3;1-6,9H;1H3,(H,2,3,4). The fraction of sp³-hybridized carbons (Fsp3) is 0.211. The Balaban J connectivity index is 0.000000283. The summed E-state index contributed by atoms with van der Waals surface area (Å²) in [5.74, 6) is 0.408. The van der Waals surface area contributed by atoms with Gasteiger partial charge < -0.3 is 19.7 Å². The SMILES string of the molecule is COc1ccc(C(=NO)C(F)(F)F)cc1OC.CS(=O)(=O)O.c1ccc2[nH]ccc2c1. The average Bonchev–Trinajstić information content (AvgIpc) is 3.15. The molecule has 0 spiro atoms. The number of fused-ring (bicyclic) bond motifs is 1. The Bertz CT molecular complexity index is 1070. The molecule has 1 aromatic heterocycles. The number of hydrogen-bond donors (Lipinski definition) is 3. The third-order valence-electron chi connectivity index (χ3n) is 3.49. The Morgan fingerprint density at radius 1 is 1.03 bits per heavy atom. The van der Waals surface area contributed by atoms with E-state index in [-0.39, 0.29) is 17.1 Å². The van der Waals surface area contributed by atoms with Gasteiger partial charge in [-0.25, -0.2) is 0 Å². The first-order chi connectivity index (χ1) is 14.4. The van der Waals surface area contributed by atoms with E-state index in [0.29, 0.717) is 6.26 Å². The molecular weight excluding hydrogens is 441 g/mol. The van der Waals surface area contributed by atoms with Crippen molar-refractivity contribution in [3.63, 3.8) is 0 Å². The molecule has 0 amide bonds. The van der Waals surface area contributed by atoms with Gasteiger partial charge in [-0.1, -0.05) is 23.4 Å². The predicted octanol–water partition coefficient (Wildman–Crippen LogP) is 4.12. The third kappa shape index (κ3) is 8.97. The monoisotopic (exact) mass is 462 g/mol. The molecule has 0 aliphatic carbocycles. The molecule has 0 saturated heterocycles. The second-order valence-electron chi connectivity index (χ2n) is 5.81. The maximum Gasteiger partial charge on any atom is 0.437 e. The van der Waals surface area contributed by atoms with Gasteiger partial charge in [-0.2, -0.15) is 21.6 Å². The number of benzene rings is 2. The van der Waals surface area contributed by atoms with Gasteiger partial charge in [0.2, 0.25) is 0 Å². The summed E-state index contributed by atoms with van der Waals surface area (Å²) in [5, 5.41) is 11.9. The number of hydrogen-bond acceptors (Lipinski definition) is 6. The zero-order valence-corrected chi connectivity index (χ0v) is 17.5. The number of nitrogens with one attached hydrogen (secondary N) is 1. The van der Waals surface area contributed by atoms with Gasteiger partial charge in [0.1, 0.15) is 0 Å².